The van der Waals surface area contributed by atoms with Crippen molar-refractivity contribution in [2.75, 3.05) is 13.4 Å². The Balaban J connectivity index is 1.53. The minimum Gasteiger partial charge on any atom is -0.467 e. The summed E-state index contributed by atoms with van der Waals surface area (Å²) in [5, 5.41) is 1.18. The van der Waals surface area contributed by atoms with E-state index in [4.69, 9.17) is 19.2 Å². The average Bonchev–Trinajstić information content (AvgIpc) is 2.89. The minimum atomic E-state index is -0.392. The lowest BCUT2D eigenvalue weighted by Gasteiger charge is -2.22. The second kappa shape index (κ2) is 10.3. The summed E-state index contributed by atoms with van der Waals surface area (Å²) in [4.78, 5) is 30.7. The largest absolute Gasteiger partial charge is 0.467 e. The first-order valence-corrected chi connectivity index (χ1v) is 12.3. The van der Waals surface area contributed by atoms with Crippen LogP contribution in [-0.4, -0.2) is 28.9 Å². The summed E-state index contributed by atoms with van der Waals surface area (Å²) >= 11 is 1.43. The van der Waals surface area contributed by atoms with Gasteiger partial charge in [0, 0.05) is 16.9 Å². The zero-order chi connectivity index (χ0) is 24.2. The SMILES string of the molecule is CCOC(=O)c1cc2c(c(CSc3nc4ccccc4c(=O)n3Cc3ccccc3)c1)OCOC2. The van der Waals surface area contributed by atoms with Gasteiger partial charge in [0.15, 0.2) is 11.9 Å². The number of esters is 1. The van der Waals surface area contributed by atoms with Gasteiger partial charge in [0.1, 0.15) is 5.75 Å². The van der Waals surface area contributed by atoms with Crippen molar-refractivity contribution in [2.24, 2.45) is 0 Å². The summed E-state index contributed by atoms with van der Waals surface area (Å²) in [5.74, 6) is 0.765. The third-order valence-electron chi connectivity index (χ3n) is 5.66. The van der Waals surface area contributed by atoms with E-state index in [1.807, 2.05) is 48.5 Å². The normalized spacial score (nSPS) is 12.7. The van der Waals surface area contributed by atoms with Crippen molar-refractivity contribution in [3.8, 4) is 5.75 Å². The number of carbonyl (C=O) groups excluding carboxylic acids is 1. The first kappa shape index (κ1) is 23.1. The van der Waals surface area contributed by atoms with Gasteiger partial charge in [0.05, 0.1) is 36.2 Å². The molecule has 0 aliphatic carbocycles. The molecular formula is C27H24N2O5S. The Labute approximate surface area is 206 Å². The highest BCUT2D eigenvalue weighted by Gasteiger charge is 2.21. The van der Waals surface area contributed by atoms with Crippen molar-refractivity contribution in [1.29, 1.82) is 0 Å². The lowest BCUT2D eigenvalue weighted by atomic mass is 10.0. The number of thioether (sulfide) groups is 1. The van der Waals surface area contributed by atoms with E-state index in [-0.39, 0.29) is 12.4 Å². The van der Waals surface area contributed by atoms with Crippen LogP contribution in [0.15, 0.2) is 76.7 Å². The highest BCUT2D eigenvalue weighted by atomic mass is 32.2. The number of hydrogen-bond donors (Lipinski definition) is 0. The summed E-state index contributed by atoms with van der Waals surface area (Å²) in [7, 11) is 0. The fourth-order valence-electron chi connectivity index (χ4n) is 4.04. The highest BCUT2D eigenvalue weighted by molar-refractivity contribution is 7.98. The average molecular weight is 489 g/mol. The molecule has 4 aromatic rings. The Morgan fingerprint density at radius 1 is 1.11 bits per heavy atom. The third-order valence-corrected chi connectivity index (χ3v) is 6.69. The molecule has 0 fully saturated rings. The Morgan fingerprint density at radius 3 is 2.74 bits per heavy atom. The lowest BCUT2D eigenvalue weighted by Crippen LogP contribution is -2.24. The van der Waals surface area contributed by atoms with Crippen LogP contribution in [0.1, 0.15) is 34.0 Å². The van der Waals surface area contributed by atoms with E-state index < -0.39 is 5.97 Å². The fraction of sp³-hybridized carbons (Fsp3) is 0.222. The van der Waals surface area contributed by atoms with E-state index in [1.165, 1.54) is 11.8 Å². The number of para-hydroxylation sites is 1. The zero-order valence-corrected chi connectivity index (χ0v) is 20.0. The van der Waals surface area contributed by atoms with Crippen LogP contribution >= 0.6 is 11.8 Å². The highest BCUT2D eigenvalue weighted by Crippen LogP contribution is 2.34. The molecule has 0 radical (unpaired) electrons. The second-order valence-electron chi connectivity index (χ2n) is 8.03. The predicted molar refractivity (Wildman–Crippen MR) is 134 cm³/mol. The van der Waals surface area contributed by atoms with Gasteiger partial charge in [-0.2, -0.15) is 0 Å². The first-order valence-electron chi connectivity index (χ1n) is 11.3. The molecule has 178 valence electrons. The smallest absolute Gasteiger partial charge is 0.338 e. The van der Waals surface area contributed by atoms with E-state index in [0.29, 0.717) is 52.9 Å². The number of nitrogens with zero attached hydrogens (tertiary/aromatic N) is 2. The van der Waals surface area contributed by atoms with Crippen LogP contribution in [-0.2, 0) is 28.4 Å². The number of carbonyl (C=O) groups is 1. The number of ether oxygens (including phenoxy) is 3. The topological polar surface area (TPSA) is 79.7 Å². The molecule has 0 spiro atoms. The maximum Gasteiger partial charge on any atom is 0.338 e. The van der Waals surface area contributed by atoms with E-state index in [2.05, 4.69) is 0 Å². The molecule has 0 saturated heterocycles. The molecule has 1 aromatic heterocycles. The molecule has 0 atom stereocenters. The monoisotopic (exact) mass is 488 g/mol. The first-order chi connectivity index (χ1) is 17.1. The molecule has 7 nitrogen and oxygen atoms in total. The Hall–Kier alpha value is -3.62. The van der Waals surface area contributed by atoms with E-state index in [0.717, 1.165) is 16.7 Å². The van der Waals surface area contributed by atoms with Gasteiger partial charge in [0.2, 0.25) is 0 Å². The maximum absolute atomic E-state index is 13.4. The molecule has 0 N–H and O–H groups in total. The van der Waals surface area contributed by atoms with Crippen LogP contribution in [0.4, 0.5) is 0 Å². The molecule has 0 saturated carbocycles. The van der Waals surface area contributed by atoms with Gasteiger partial charge in [0.25, 0.3) is 5.56 Å². The molecule has 0 unspecified atom stereocenters. The minimum absolute atomic E-state index is 0.0890. The Bertz CT molecular complexity index is 1440. The fourth-order valence-corrected chi connectivity index (χ4v) is 5.01. The number of rotatable bonds is 7. The molecule has 1 aliphatic rings. The number of aromatic nitrogens is 2. The standard InChI is InChI=1S/C27H24N2O5S/c1-2-33-26(31)19-12-20-15-32-17-34-24(20)21(13-19)16-35-27-28-23-11-7-6-10-22(23)25(30)29(27)14-18-8-4-3-5-9-18/h3-13H,2,14-17H2,1H3. The van der Waals surface area contributed by atoms with Gasteiger partial charge in [-0.05, 0) is 36.8 Å². The summed E-state index contributed by atoms with van der Waals surface area (Å²) in [5.41, 5.74) is 3.64. The molecule has 0 amide bonds. The molecule has 5 rings (SSSR count). The van der Waals surface area contributed by atoms with E-state index in [9.17, 15) is 9.59 Å². The number of benzene rings is 3. The molecule has 35 heavy (non-hydrogen) atoms. The van der Waals surface area contributed by atoms with Crippen molar-refractivity contribution in [2.45, 2.75) is 31.0 Å². The molecule has 1 aliphatic heterocycles. The molecule has 3 aromatic carbocycles. The van der Waals surface area contributed by atoms with Crippen molar-refractivity contribution < 1.29 is 19.0 Å². The van der Waals surface area contributed by atoms with Gasteiger partial charge in [-0.1, -0.05) is 54.2 Å². The van der Waals surface area contributed by atoms with Gasteiger partial charge in [-0.3, -0.25) is 9.36 Å². The maximum atomic E-state index is 13.4. The van der Waals surface area contributed by atoms with Crippen molar-refractivity contribution in [3.63, 3.8) is 0 Å². The van der Waals surface area contributed by atoms with Crippen LogP contribution in [0.3, 0.4) is 0 Å². The van der Waals surface area contributed by atoms with Gasteiger partial charge in [-0.15, -0.1) is 0 Å². The molecular weight excluding hydrogens is 464 g/mol. The third kappa shape index (κ3) is 4.94. The van der Waals surface area contributed by atoms with Gasteiger partial charge < -0.3 is 14.2 Å². The van der Waals surface area contributed by atoms with Crippen LogP contribution in [0, 0.1) is 0 Å². The van der Waals surface area contributed by atoms with Crippen LogP contribution in [0.5, 0.6) is 5.75 Å². The molecule has 2 heterocycles. The number of hydrogen-bond acceptors (Lipinski definition) is 7. The van der Waals surface area contributed by atoms with Crippen molar-refractivity contribution >= 4 is 28.6 Å². The quantitative estimate of drug-likeness (QED) is 0.210. The Morgan fingerprint density at radius 2 is 1.91 bits per heavy atom. The van der Waals surface area contributed by atoms with E-state index in [1.54, 1.807) is 29.7 Å². The molecule has 8 heteroatoms. The predicted octanol–water partition coefficient (Wildman–Crippen LogP) is 4.78. The van der Waals surface area contributed by atoms with Crippen LogP contribution in [0.2, 0.25) is 0 Å². The van der Waals surface area contributed by atoms with Crippen molar-refractivity contribution in [3.05, 3.63) is 99.3 Å². The van der Waals surface area contributed by atoms with Crippen molar-refractivity contribution in [1.82, 2.24) is 9.55 Å². The van der Waals surface area contributed by atoms with E-state index >= 15 is 0 Å². The summed E-state index contributed by atoms with van der Waals surface area (Å²) < 4.78 is 18.1. The molecule has 0 bridgehead atoms. The summed E-state index contributed by atoms with van der Waals surface area (Å²) in [6.45, 7) is 2.98. The lowest BCUT2D eigenvalue weighted by molar-refractivity contribution is -0.0169. The zero-order valence-electron chi connectivity index (χ0n) is 19.2. The van der Waals surface area contributed by atoms with Gasteiger partial charge in [-0.25, -0.2) is 9.78 Å². The number of fused-ring (bicyclic) bond motifs is 2. The second-order valence-corrected chi connectivity index (χ2v) is 8.97. The summed E-state index contributed by atoms with van der Waals surface area (Å²) in [6, 6.07) is 20.7. The van der Waals surface area contributed by atoms with Crippen LogP contribution in [0.25, 0.3) is 10.9 Å². The summed E-state index contributed by atoms with van der Waals surface area (Å²) in [6.07, 6.45) is 0. The van der Waals surface area contributed by atoms with Crippen LogP contribution < -0.4 is 10.3 Å². The van der Waals surface area contributed by atoms with Gasteiger partial charge >= 0.3 is 5.97 Å². The Kier molecular flexibility index (Phi) is 6.83.